The third-order valence-corrected chi connectivity index (χ3v) is 5.64. The summed E-state index contributed by atoms with van der Waals surface area (Å²) in [6, 6.07) is 4.87. The quantitative estimate of drug-likeness (QED) is 0.476. The van der Waals surface area contributed by atoms with Gasteiger partial charge < -0.3 is 14.7 Å². The van der Waals surface area contributed by atoms with Crippen LogP contribution in [0.2, 0.25) is 0 Å². The lowest BCUT2D eigenvalue weighted by Gasteiger charge is -2.24. The maximum atomic E-state index is 13.8. The van der Waals surface area contributed by atoms with Crippen molar-refractivity contribution < 1.29 is 23.8 Å². The monoisotopic (exact) mass is 389 g/mol. The lowest BCUT2D eigenvalue weighted by molar-refractivity contribution is -0.139. The minimum atomic E-state index is -0.773. The number of ether oxygens (including phenoxy) is 1. The summed E-state index contributed by atoms with van der Waals surface area (Å²) in [4.78, 5) is 27.7. The van der Waals surface area contributed by atoms with E-state index in [0.717, 1.165) is 16.5 Å². The van der Waals surface area contributed by atoms with E-state index in [0.29, 0.717) is 13.0 Å². The minimum absolute atomic E-state index is 0.0390. The van der Waals surface area contributed by atoms with E-state index in [2.05, 4.69) is 0 Å². The first kappa shape index (κ1) is 19.1. The van der Waals surface area contributed by atoms with Gasteiger partial charge in [-0.05, 0) is 48.6 Å². The van der Waals surface area contributed by atoms with Crippen LogP contribution in [0.5, 0.6) is 5.75 Å². The molecule has 1 aromatic carbocycles. The number of likely N-dealkylation sites (tertiary alicyclic amines) is 1. The number of carbonyl (C=O) groups excluding carboxylic acids is 2. The fourth-order valence-corrected chi connectivity index (χ4v) is 4.35. The Morgan fingerprint density at radius 2 is 2.07 bits per heavy atom. The van der Waals surface area contributed by atoms with E-state index < -0.39 is 29.3 Å². The smallest absolute Gasteiger partial charge is 0.295 e. The zero-order valence-corrected chi connectivity index (χ0v) is 16.1. The number of rotatable bonds is 5. The number of aliphatic hydroxyl groups excluding tert-OH is 1. The van der Waals surface area contributed by atoms with Crippen LogP contribution in [0.1, 0.15) is 35.4 Å². The topological polar surface area (TPSA) is 66.8 Å². The van der Waals surface area contributed by atoms with Crippen molar-refractivity contribution in [1.82, 2.24) is 4.90 Å². The second kappa shape index (κ2) is 7.52. The van der Waals surface area contributed by atoms with E-state index in [1.165, 1.54) is 35.5 Å². The number of aryl methyl sites for hydroxylation is 1. The fourth-order valence-electron chi connectivity index (χ4n) is 3.30. The van der Waals surface area contributed by atoms with Crippen molar-refractivity contribution in [3.63, 3.8) is 0 Å². The summed E-state index contributed by atoms with van der Waals surface area (Å²) >= 11 is 1.41. The van der Waals surface area contributed by atoms with Crippen LogP contribution in [0, 0.1) is 12.7 Å². The molecule has 1 fully saturated rings. The molecule has 7 heteroatoms. The molecule has 1 aliphatic rings. The molecule has 1 aliphatic heterocycles. The van der Waals surface area contributed by atoms with Crippen LogP contribution in [0.25, 0.3) is 5.76 Å². The van der Waals surface area contributed by atoms with Gasteiger partial charge in [-0.2, -0.15) is 0 Å². The van der Waals surface area contributed by atoms with E-state index in [-0.39, 0.29) is 16.9 Å². The van der Waals surface area contributed by atoms with Gasteiger partial charge in [0.2, 0.25) is 0 Å². The Hall–Kier alpha value is -2.67. The number of amides is 1. The van der Waals surface area contributed by atoms with Gasteiger partial charge in [0.25, 0.3) is 11.7 Å². The second-order valence-electron chi connectivity index (χ2n) is 6.30. The van der Waals surface area contributed by atoms with Gasteiger partial charge in [-0.3, -0.25) is 9.59 Å². The SMILES string of the molecule is CCCN1C(=O)C(=O)/C(=C(/O)c2cc(F)ccc2OC)C1c1sccc1C. The predicted molar refractivity (Wildman–Crippen MR) is 101 cm³/mol. The Morgan fingerprint density at radius 1 is 1.33 bits per heavy atom. The largest absolute Gasteiger partial charge is 0.507 e. The van der Waals surface area contributed by atoms with Crippen molar-refractivity contribution in [2.45, 2.75) is 26.3 Å². The van der Waals surface area contributed by atoms with Gasteiger partial charge in [0.05, 0.1) is 24.3 Å². The summed E-state index contributed by atoms with van der Waals surface area (Å²) in [7, 11) is 1.39. The van der Waals surface area contributed by atoms with Gasteiger partial charge in [0.15, 0.2) is 0 Å². The van der Waals surface area contributed by atoms with Gasteiger partial charge in [0.1, 0.15) is 17.3 Å². The van der Waals surface area contributed by atoms with Crippen molar-refractivity contribution in [3.8, 4) is 5.75 Å². The number of methoxy groups -OCH3 is 1. The van der Waals surface area contributed by atoms with Gasteiger partial charge in [-0.25, -0.2) is 4.39 Å². The molecular weight excluding hydrogens is 369 g/mol. The predicted octanol–water partition coefficient (Wildman–Crippen LogP) is 4.04. The molecule has 1 saturated heterocycles. The Balaban J connectivity index is 2.26. The first-order valence-electron chi connectivity index (χ1n) is 8.57. The van der Waals surface area contributed by atoms with Gasteiger partial charge in [-0.15, -0.1) is 11.3 Å². The normalized spacial score (nSPS) is 19.0. The van der Waals surface area contributed by atoms with Crippen molar-refractivity contribution in [2.75, 3.05) is 13.7 Å². The average molecular weight is 389 g/mol. The van der Waals surface area contributed by atoms with E-state index in [1.54, 1.807) is 0 Å². The standard InChI is InChI=1S/C20H20FNO4S/c1-4-8-22-16(19-11(2)7-9-27-19)15(18(24)20(22)25)17(23)13-10-12(21)5-6-14(13)26-3/h5-7,9-10,16,23H,4,8H2,1-3H3/b17-15+. The molecule has 2 aromatic rings. The molecule has 3 rings (SSSR count). The molecule has 0 bridgehead atoms. The van der Waals surface area contributed by atoms with Crippen molar-refractivity contribution in [1.29, 1.82) is 0 Å². The lowest BCUT2D eigenvalue weighted by atomic mass is 9.98. The summed E-state index contributed by atoms with van der Waals surface area (Å²) in [5, 5.41) is 12.8. The summed E-state index contributed by atoms with van der Waals surface area (Å²) in [5.41, 5.74) is 0.930. The first-order valence-corrected chi connectivity index (χ1v) is 9.45. The van der Waals surface area contributed by atoms with Crippen molar-refractivity contribution >= 4 is 28.8 Å². The van der Waals surface area contributed by atoms with Crippen molar-refractivity contribution in [2.24, 2.45) is 0 Å². The summed E-state index contributed by atoms with van der Waals surface area (Å²) in [6.45, 7) is 4.18. The Labute approximate surface area is 160 Å². The lowest BCUT2D eigenvalue weighted by Crippen LogP contribution is -2.30. The number of aliphatic hydroxyl groups is 1. The Morgan fingerprint density at radius 3 is 2.67 bits per heavy atom. The molecule has 1 amide bonds. The molecule has 0 radical (unpaired) electrons. The molecule has 0 aliphatic carbocycles. The molecule has 27 heavy (non-hydrogen) atoms. The van der Waals surface area contributed by atoms with E-state index in [9.17, 15) is 19.1 Å². The van der Waals surface area contributed by atoms with Crippen LogP contribution < -0.4 is 4.74 Å². The number of hydrogen-bond donors (Lipinski definition) is 1. The zero-order valence-electron chi connectivity index (χ0n) is 15.3. The molecule has 142 valence electrons. The highest BCUT2D eigenvalue weighted by atomic mass is 32.1. The number of carbonyl (C=O) groups is 2. The number of hydrogen-bond acceptors (Lipinski definition) is 5. The van der Waals surface area contributed by atoms with Gasteiger partial charge in [0, 0.05) is 11.4 Å². The van der Waals surface area contributed by atoms with Crippen LogP contribution >= 0.6 is 11.3 Å². The van der Waals surface area contributed by atoms with Gasteiger partial charge >= 0.3 is 0 Å². The highest BCUT2D eigenvalue weighted by Gasteiger charge is 2.46. The van der Waals surface area contributed by atoms with Crippen LogP contribution in [0.3, 0.4) is 0 Å². The van der Waals surface area contributed by atoms with Crippen molar-refractivity contribution in [3.05, 3.63) is 57.0 Å². The molecular formula is C20H20FNO4S. The molecule has 1 unspecified atom stereocenters. The molecule has 5 nitrogen and oxygen atoms in total. The highest BCUT2D eigenvalue weighted by Crippen LogP contribution is 2.43. The van der Waals surface area contributed by atoms with Crippen LogP contribution in [0.4, 0.5) is 4.39 Å². The molecule has 2 heterocycles. The van der Waals surface area contributed by atoms with Crippen LogP contribution in [0.15, 0.2) is 35.2 Å². The fraction of sp³-hybridized carbons (Fsp3) is 0.300. The van der Waals surface area contributed by atoms with E-state index >= 15 is 0 Å². The maximum absolute atomic E-state index is 13.8. The number of nitrogens with zero attached hydrogens (tertiary/aromatic N) is 1. The summed E-state index contributed by atoms with van der Waals surface area (Å²) < 4.78 is 19.0. The number of halogens is 1. The minimum Gasteiger partial charge on any atom is -0.507 e. The molecule has 0 spiro atoms. The number of Topliss-reactive ketones (excluding diaryl/α,β-unsaturated/α-hetero) is 1. The molecule has 1 N–H and O–H groups in total. The zero-order chi connectivity index (χ0) is 19.7. The maximum Gasteiger partial charge on any atom is 0.295 e. The Bertz CT molecular complexity index is 934. The second-order valence-corrected chi connectivity index (χ2v) is 7.25. The third-order valence-electron chi connectivity index (χ3n) is 4.57. The number of thiophene rings is 1. The third kappa shape index (κ3) is 3.23. The summed E-state index contributed by atoms with van der Waals surface area (Å²) in [5.74, 6) is -2.22. The summed E-state index contributed by atoms with van der Waals surface area (Å²) in [6.07, 6.45) is 0.664. The van der Waals surface area contributed by atoms with E-state index in [1.807, 2.05) is 25.3 Å². The molecule has 1 atom stereocenters. The number of benzene rings is 1. The highest BCUT2D eigenvalue weighted by molar-refractivity contribution is 7.10. The van der Waals surface area contributed by atoms with Crippen LogP contribution in [-0.4, -0.2) is 35.4 Å². The van der Waals surface area contributed by atoms with Gasteiger partial charge in [-0.1, -0.05) is 6.92 Å². The first-order chi connectivity index (χ1) is 12.9. The molecule has 0 saturated carbocycles. The van der Waals surface area contributed by atoms with Crippen LogP contribution in [-0.2, 0) is 9.59 Å². The number of ketones is 1. The Kier molecular flexibility index (Phi) is 5.32. The van der Waals surface area contributed by atoms with E-state index in [4.69, 9.17) is 4.74 Å². The average Bonchev–Trinajstić information content (AvgIpc) is 3.17. The molecule has 1 aromatic heterocycles.